The van der Waals surface area contributed by atoms with Gasteiger partial charge >= 0.3 is 5.97 Å². The van der Waals surface area contributed by atoms with Gasteiger partial charge in [0.25, 0.3) is 5.91 Å². The fourth-order valence-corrected chi connectivity index (χ4v) is 1.62. The second-order valence-corrected chi connectivity index (χ2v) is 4.39. The van der Waals surface area contributed by atoms with E-state index in [1.807, 2.05) is 5.32 Å². The second-order valence-electron chi connectivity index (χ2n) is 4.39. The minimum absolute atomic E-state index is 0.0481. The Bertz CT molecular complexity index is 747. The van der Waals surface area contributed by atoms with Gasteiger partial charge in [-0.15, -0.1) is 0 Å². The first-order valence-electron chi connectivity index (χ1n) is 6.28. The molecule has 0 aliphatic carbocycles. The number of anilines is 1. The van der Waals surface area contributed by atoms with Crippen molar-refractivity contribution < 1.29 is 32.6 Å². The zero-order valence-corrected chi connectivity index (χ0v) is 11.5. The van der Waals surface area contributed by atoms with Crippen LogP contribution in [0.1, 0.15) is 10.4 Å². The summed E-state index contributed by atoms with van der Waals surface area (Å²) in [6.07, 6.45) is 0. The molecule has 2 rings (SSSR count). The number of nitrogens with one attached hydrogen (secondary N) is 1. The van der Waals surface area contributed by atoms with Gasteiger partial charge in [-0.1, -0.05) is 0 Å². The summed E-state index contributed by atoms with van der Waals surface area (Å²) in [5, 5.41) is 11.0. The largest absolute Gasteiger partial charge is 0.508 e. The molecule has 2 N–H and O–H groups in total. The molecule has 0 fully saturated rings. The average molecular weight is 325 g/mol. The Morgan fingerprint density at radius 2 is 1.65 bits per heavy atom. The molecule has 120 valence electrons. The molecular formula is C15H10F3NO4. The van der Waals surface area contributed by atoms with Gasteiger partial charge in [0, 0.05) is 0 Å². The van der Waals surface area contributed by atoms with Crippen LogP contribution in [0.25, 0.3) is 0 Å². The summed E-state index contributed by atoms with van der Waals surface area (Å²) in [6, 6.07) is 6.57. The zero-order valence-electron chi connectivity index (χ0n) is 11.5. The standard InChI is InChI=1S/C15H10F3NO4/c16-10-5-6-11(14(18)13(10)17)19-12(21)7-23-15(22)8-1-3-9(20)4-2-8/h1-6,20H,7H2,(H,19,21). The first-order valence-corrected chi connectivity index (χ1v) is 6.28. The number of halogens is 3. The molecule has 0 radical (unpaired) electrons. The molecule has 0 unspecified atom stereocenters. The molecule has 0 atom stereocenters. The average Bonchev–Trinajstić information content (AvgIpc) is 2.54. The van der Waals surface area contributed by atoms with Crippen molar-refractivity contribution in [3.63, 3.8) is 0 Å². The number of benzene rings is 2. The van der Waals surface area contributed by atoms with Gasteiger partial charge in [-0.05, 0) is 36.4 Å². The number of amides is 1. The molecule has 0 saturated heterocycles. The minimum atomic E-state index is -1.72. The number of phenolic OH excluding ortho intramolecular Hbond substituents is 1. The van der Waals surface area contributed by atoms with Crippen molar-refractivity contribution in [2.45, 2.75) is 0 Å². The summed E-state index contributed by atoms with van der Waals surface area (Å²) < 4.78 is 43.8. The molecule has 0 spiro atoms. The Kier molecular flexibility index (Phi) is 4.85. The smallest absolute Gasteiger partial charge is 0.338 e. The Hall–Kier alpha value is -3.03. The van der Waals surface area contributed by atoms with Crippen LogP contribution in [0.4, 0.5) is 18.9 Å². The van der Waals surface area contributed by atoms with Crippen LogP contribution < -0.4 is 5.32 Å². The molecule has 0 aliphatic heterocycles. The Labute approximate surface area is 128 Å². The van der Waals surface area contributed by atoms with Crippen molar-refractivity contribution in [3.8, 4) is 5.75 Å². The third-order valence-electron chi connectivity index (χ3n) is 2.75. The number of esters is 1. The topological polar surface area (TPSA) is 75.6 Å². The summed E-state index contributed by atoms with van der Waals surface area (Å²) >= 11 is 0. The second kappa shape index (κ2) is 6.82. The van der Waals surface area contributed by atoms with Gasteiger partial charge in [0.2, 0.25) is 0 Å². The zero-order chi connectivity index (χ0) is 17.0. The van der Waals surface area contributed by atoms with E-state index in [0.717, 1.165) is 6.07 Å². The molecule has 5 nitrogen and oxygen atoms in total. The first-order chi connectivity index (χ1) is 10.9. The number of hydrogen-bond donors (Lipinski definition) is 2. The van der Waals surface area contributed by atoms with Crippen LogP contribution in [0.3, 0.4) is 0 Å². The van der Waals surface area contributed by atoms with E-state index in [-0.39, 0.29) is 11.3 Å². The Balaban J connectivity index is 1.94. The van der Waals surface area contributed by atoms with E-state index < -0.39 is 41.6 Å². The minimum Gasteiger partial charge on any atom is -0.508 e. The van der Waals surface area contributed by atoms with Crippen molar-refractivity contribution in [2.75, 3.05) is 11.9 Å². The van der Waals surface area contributed by atoms with Gasteiger partial charge in [0.1, 0.15) is 5.75 Å². The van der Waals surface area contributed by atoms with Crippen LogP contribution in [0, 0.1) is 17.5 Å². The lowest BCUT2D eigenvalue weighted by Gasteiger charge is -2.08. The number of carbonyl (C=O) groups excluding carboxylic acids is 2. The Morgan fingerprint density at radius 3 is 2.30 bits per heavy atom. The van der Waals surface area contributed by atoms with Crippen molar-refractivity contribution >= 4 is 17.6 Å². The van der Waals surface area contributed by atoms with E-state index >= 15 is 0 Å². The molecule has 1 amide bonds. The number of hydrogen-bond acceptors (Lipinski definition) is 4. The molecule has 0 aliphatic rings. The summed E-state index contributed by atoms with van der Waals surface area (Å²) in [4.78, 5) is 23.2. The van der Waals surface area contributed by atoms with E-state index in [2.05, 4.69) is 4.74 Å². The molecule has 0 aromatic heterocycles. The van der Waals surface area contributed by atoms with E-state index in [1.165, 1.54) is 24.3 Å². The van der Waals surface area contributed by atoms with E-state index in [1.54, 1.807) is 0 Å². The maximum atomic E-state index is 13.4. The highest BCUT2D eigenvalue weighted by molar-refractivity contribution is 5.95. The summed E-state index contributed by atoms with van der Waals surface area (Å²) in [6.45, 7) is -0.752. The van der Waals surface area contributed by atoms with Crippen LogP contribution >= 0.6 is 0 Å². The molecule has 0 heterocycles. The molecule has 23 heavy (non-hydrogen) atoms. The van der Waals surface area contributed by atoms with Gasteiger partial charge < -0.3 is 15.2 Å². The SMILES string of the molecule is O=C(COC(=O)c1ccc(O)cc1)Nc1ccc(F)c(F)c1F. The van der Waals surface area contributed by atoms with Crippen LogP contribution in [0.15, 0.2) is 36.4 Å². The van der Waals surface area contributed by atoms with Crippen molar-refractivity contribution in [1.29, 1.82) is 0 Å². The number of phenols is 1. The van der Waals surface area contributed by atoms with E-state index in [9.17, 15) is 22.8 Å². The van der Waals surface area contributed by atoms with Gasteiger partial charge in [-0.2, -0.15) is 0 Å². The molecular weight excluding hydrogens is 315 g/mol. The van der Waals surface area contributed by atoms with Crippen LogP contribution in [-0.2, 0) is 9.53 Å². The van der Waals surface area contributed by atoms with Crippen LogP contribution in [-0.4, -0.2) is 23.6 Å². The summed E-state index contributed by atoms with van der Waals surface area (Å²) in [5.74, 6) is -6.48. The molecule has 0 saturated carbocycles. The third kappa shape index (κ3) is 4.00. The lowest BCUT2D eigenvalue weighted by atomic mass is 10.2. The van der Waals surface area contributed by atoms with Gasteiger partial charge in [-0.25, -0.2) is 18.0 Å². The first kappa shape index (κ1) is 16.3. The molecule has 2 aromatic carbocycles. The van der Waals surface area contributed by atoms with Crippen molar-refractivity contribution in [3.05, 3.63) is 59.4 Å². The molecule has 2 aromatic rings. The fourth-order valence-electron chi connectivity index (χ4n) is 1.62. The highest BCUT2D eigenvalue weighted by atomic mass is 19.2. The predicted molar refractivity (Wildman–Crippen MR) is 73.3 cm³/mol. The van der Waals surface area contributed by atoms with E-state index in [4.69, 9.17) is 5.11 Å². The van der Waals surface area contributed by atoms with Crippen molar-refractivity contribution in [1.82, 2.24) is 0 Å². The van der Waals surface area contributed by atoms with Crippen molar-refractivity contribution in [2.24, 2.45) is 0 Å². The van der Waals surface area contributed by atoms with Gasteiger partial charge in [0.15, 0.2) is 24.1 Å². The number of rotatable bonds is 4. The Morgan fingerprint density at radius 1 is 1.00 bits per heavy atom. The predicted octanol–water partition coefficient (Wildman–Crippen LogP) is 2.61. The maximum absolute atomic E-state index is 13.4. The van der Waals surface area contributed by atoms with Crippen LogP contribution in [0.5, 0.6) is 5.75 Å². The van der Waals surface area contributed by atoms with E-state index in [0.29, 0.717) is 6.07 Å². The van der Waals surface area contributed by atoms with Gasteiger partial charge in [0.05, 0.1) is 11.3 Å². The highest BCUT2D eigenvalue weighted by Gasteiger charge is 2.16. The summed E-state index contributed by atoms with van der Waals surface area (Å²) in [7, 11) is 0. The normalized spacial score (nSPS) is 10.2. The quantitative estimate of drug-likeness (QED) is 0.669. The fraction of sp³-hybridized carbons (Fsp3) is 0.0667. The lowest BCUT2D eigenvalue weighted by molar-refractivity contribution is -0.119. The van der Waals surface area contributed by atoms with Gasteiger partial charge in [-0.3, -0.25) is 4.79 Å². The number of ether oxygens (including phenoxy) is 1. The molecule has 8 heteroatoms. The monoisotopic (exact) mass is 325 g/mol. The maximum Gasteiger partial charge on any atom is 0.338 e. The number of carbonyl (C=O) groups is 2. The highest BCUT2D eigenvalue weighted by Crippen LogP contribution is 2.19. The number of aromatic hydroxyl groups is 1. The third-order valence-corrected chi connectivity index (χ3v) is 2.75. The summed E-state index contributed by atoms with van der Waals surface area (Å²) in [5.41, 5.74) is -0.482. The van der Waals surface area contributed by atoms with Crippen LogP contribution in [0.2, 0.25) is 0 Å². The lowest BCUT2D eigenvalue weighted by Crippen LogP contribution is -2.21. The molecule has 0 bridgehead atoms.